The topological polar surface area (TPSA) is 42.0 Å². The van der Waals surface area contributed by atoms with E-state index >= 15 is 0 Å². The zero-order valence-corrected chi connectivity index (χ0v) is 18.7. The number of nitrogens with zero attached hydrogens (tertiary/aromatic N) is 2. The van der Waals surface area contributed by atoms with E-state index in [1.807, 2.05) is 36.4 Å². The molecule has 30 heavy (non-hydrogen) atoms. The SMILES string of the molecule is CCN(CC)CCOc1cccc2c1C(=O)c1cccc(OCCN(CC)CC)c1-2. The zero-order chi connectivity index (χ0) is 21.5. The monoisotopic (exact) mass is 410 g/mol. The first kappa shape index (κ1) is 22.3. The summed E-state index contributed by atoms with van der Waals surface area (Å²) >= 11 is 0. The van der Waals surface area contributed by atoms with Gasteiger partial charge in [-0.05, 0) is 38.3 Å². The van der Waals surface area contributed by atoms with Crippen LogP contribution in [0.15, 0.2) is 36.4 Å². The van der Waals surface area contributed by atoms with Crippen LogP contribution in [0.2, 0.25) is 0 Å². The minimum atomic E-state index is 0.0210. The minimum absolute atomic E-state index is 0.0210. The lowest BCUT2D eigenvalue weighted by molar-refractivity contribution is 0.103. The van der Waals surface area contributed by atoms with Gasteiger partial charge in [-0.3, -0.25) is 4.79 Å². The van der Waals surface area contributed by atoms with E-state index < -0.39 is 0 Å². The van der Waals surface area contributed by atoms with Gasteiger partial charge < -0.3 is 19.3 Å². The molecule has 0 aliphatic heterocycles. The Morgan fingerprint density at radius 3 is 1.63 bits per heavy atom. The van der Waals surface area contributed by atoms with Crippen molar-refractivity contribution in [3.05, 3.63) is 47.5 Å². The largest absolute Gasteiger partial charge is 0.492 e. The van der Waals surface area contributed by atoms with Gasteiger partial charge in [0.15, 0.2) is 5.78 Å². The summed E-state index contributed by atoms with van der Waals surface area (Å²) in [6.07, 6.45) is 0. The van der Waals surface area contributed by atoms with Crippen LogP contribution in [0, 0.1) is 0 Å². The summed E-state index contributed by atoms with van der Waals surface area (Å²) in [6.45, 7) is 15.5. The molecule has 2 aromatic rings. The average molecular weight is 411 g/mol. The van der Waals surface area contributed by atoms with Crippen LogP contribution in [0.3, 0.4) is 0 Å². The van der Waals surface area contributed by atoms with Gasteiger partial charge in [-0.25, -0.2) is 0 Å². The lowest BCUT2D eigenvalue weighted by atomic mass is 10.0. The molecule has 1 aliphatic carbocycles. The van der Waals surface area contributed by atoms with E-state index in [1.165, 1.54) is 0 Å². The quantitative estimate of drug-likeness (QED) is 0.444. The molecule has 162 valence electrons. The number of carbonyl (C=O) groups is 1. The van der Waals surface area contributed by atoms with E-state index in [9.17, 15) is 4.79 Å². The molecule has 0 saturated carbocycles. The van der Waals surface area contributed by atoms with Crippen molar-refractivity contribution < 1.29 is 14.3 Å². The summed E-state index contributed by atoms with van der Waals surface area (Å²) in [5.74, 6) is 1.45. The highest BCUT2D eigenvalue weighted by atomic mass is 16.5. The van der Waals surface area contributed by atoms with Crippen molar-refractivity contribution in [3.8, 4) is 22.6 Å². The molecule has 0 heterocycles. The van der Waals surface area contributed by atoms with Gasteiger partial charge >= 0.3 is 0 Å². The van der Waals surface area contributed by atoms with Gasteiger partial charge in [0.1, 0.15) is 24.7 Å². The first-order chi connectivity index (χ1) is 14.6. The van der Waals surface area contributed by atoms with E-state index in [-0.39, 0.29) is 5.78 Å². The van der Waals surface area contributed by atoms with Crippen molar-refractivity contribution in [2.45, 2.75) is 27.7 Å². The lowest BCUT2D eigenvalue weighted by Gasteiger charge is -2.19. The van der Waals surface area contributed by atoms with Gasteiger partial charge in [-0.2, -0.15) is 0 Å². The van der Waals surface area contributed by atoms with Gasteiger partial charge in [0.2, 0.25) is 0 Å². The fraction of sp³-hybridized carbons (Fsp3) is 0.480. The summed E-state index contributed by atoms with van der Waals surface area (Å²) in [7, 11) is 0. The Labute approximate surface area is 180 Å². The Morgan fingerprint density at radius 1 is 0.667 bits per heavy atom. The highest BCUT2D eigenvalue weighted by Gasteiger charge is 2.32. The molecule has 5 nitrogen and oxygen atoms in total. The maximum absolute atomic E-state index is 13.2. The molecule has 0 radical (unpaired) electrons. The summed E-state index contributed by atoms with van der Waals surface area (Å²) in [5.41, 5.74) is 3.16. The maximum Gasteiger partial charge on any atom is 0.198 e. The number of likely N-dealkylation sites (N-methyl/N-ethyl adjacent to an activating group) is 2. The van der Waals surface area contributed by atoms with Crippen molar-refractivity contribution in [1.82, 2.24) is 9.80 Å². The third-order valence-electron chi connectivity index (χ3n) is 5.91. The summed E-state index contributed by atoms with van der Waals surface area (Å²) in [6, 6.07) is 11.6. The van der Waals surface area contributed by atoms with Crippen LogP contribution in [0.4, 0.5) is 0 Å². The molecule has 0 aromatic heterocycles. The van der Waals surface area contributed by atoms with Gasteiger partial charge in [-0.1, -0.05) is 52.0 Å². The summed E-state index contributed by atoms with van der Waals surface area (Å²) in [4.78, 5) is 17.8. The van der Waals surface area contributed by atoms with Crippen molar-refractivity contribution in [1.29, 1.82) is 0 Å². The Kier molecular flexibility index (Phi) is 7.88. The fourth-order valence-electron chi connectivity index (χ4n) is 4.00. The Bertz CT molecular complexity index is 857. The smallest absolute Gasteiger partial charge is 0.198 e. The molecule has 0 unspecified atom stereocenters. The second kappa shape index (κ2) is 10.6. The molecule has 5 heteroatoms. The molecule has 0 fully saturated rings. The van der Waals surface area contributed by atoms with Gasteiger partial charge in [0.25, 0.3) is 0 Å². The molecule has 0 bridgehead atoms. The van der Waals surface area contributed by atoms with Crippen LogP contribution in [0.5, 0.6) is 11.5 Å². The van der Waals surface area contributed by atoms with Gasteiger partial charge in [-0.15, -0.1) is 0 Å². The van der Waals surface area contributed by atoms with E-state index in [1.54, 1.807) is 0 Å². The molecular formula is C25H34N2O3. The number of hydrogen-bond acceptors (Lipinski definition) is 5. The van der Waals surface area contributed by atoms with Crippen LogP contribution in [0.25, 0.3) is 11.1 Å². The van der Waals surface area contributed by atoms with E-state index in [4.69, 9.17) is 9.47 Å². The van der Waals surface area contributed by atoms with Crippen molar-refractivity contribution >= 4 is 5.78 Å². The standard InChI is InChI=1S/C25H34N2O3/c1-5-26(6-2)15-17-29-21-13-10-12-20-23(21)19-11-9-14-22(24(19)25(20)28)30-18-16-27(7-3)8-4/h9-14H,5-8,15-18H2,1-4H3. The Hall–Kier alpha value is -2.37. The van der Waals surface area contributed by atoms with Crippen LogP contribution in [0.1, 0.15) is 43.6 Å². The summed E-state index contributed by atoms with van der Waals surface area (Å²) < 4.78 is 12.2. The number of hydrogen-bond donors (Lipinski definition) is 0. The molecule has 0 spiro atoms. The first-order valence-electron chi connectivity index (χ1n) is 11.2. The predicted molar refractivity (Wildman–Crippen MR) is 122 cm³/mol. The molecule has 0 N–H and O–H groups in total. The van der Waals surface area contributed by atoms with Crippen LogP contribution >= 0.6 is 0 Å². The highest BCUT2D eigenvalue weighted by Crippen LogP contribution is 2.45. The molecule has 0 atom stereocenters. The van der Waals surface area contributed by atoms with Crippen LogP contribution in [-0.4, -0.2) is 68.1 Å². The molecule has 1 aliphatic rings. The minimum Gasteiger partial charge on any atom is -0.492 e. The highest BCUT2D eigenvalue weighted by molar-refractivity contribution is 6.24. The molecule has 3 rings (SSSR count). The average Bonchev–Trinajstić information content (AvgIpc) is 3.08. The van der Waals surface area contributed by atoms with Gasteiger partial charge in [0.05, 0.1) is 5.56 Å². The normalized spacial score (nSPS) is 12.4. The van der Waals surface area contributed by atoms with Crippen LogP contribution in [-0.2, 0) is 0 Å². The van der Waals surface area contributed by atoms with Gasteiger partial charge in [0, 0.05) is 29.8 Å². The molecule has 0 amide bonds. The van der Waals surface area contributed by atoms with Crippen molar-refractivity contribution in [2.75, 3.05) is 52.5 Å². The second-order valence-corrected chi connectivity index (χ2v) is 7.44. The number of ether oxygens (including phenoxy) is 2. The number of carbonyl (C=O) groups excluding carboxylic acids is 1. The number of ketones is 1. The molecule has 2 aromatic carbocycles. The fourth-order valence-corrected chi connectivity index (χ4v) is 4.00. The number of fused-ring (bicyclic) bond motifs is 3. The third-order valence-corrected chi connectivity index (χ3v) is 5.91. The Balaban J connectivity index is 1.80. The number of rotatable bonds is 12. The van der Waals surface area contributed by atoms with Crippen LogP contribution < -0.4 is 9.47 Å². The summed E-state index contributed by atoms with van der Waals surface area (Å²) in [5, 5.41) is 0. The molecule has 0 saturated heterocycles. The van der Waals surface area contributed by atoms with Crippen molar-refractivity contribution in [2.24, 2.45) is 0 Å². The Morgan fingerprint density at radius 2 is 1.13 bits per heavy atom. The van der Waals surface area contributed by atoms with E-state index in [0.29, 0.717) is 30.1 Å². The van der Waals surface area contributed by atoms with Crippen molar-refractivity contribution in [3.63, 3.8) is 0 Å². The maximum atomic E-state index is 13.2. The number of benzene rings is 2. The zero-order valence-electron chi connectivity index (χ0n) is 18.7. The predicted octanol–water partition coefficient (Wildman–Crippen LogP) is 4.34. The second-order valence-electron chi connectivity index (χ2n) is 7.44. The first-order valence-corrected chi connectivity index (χ1v) is 11.2. The third kappa shape index (κ3) is 4.68. The molecular weight excluding hydrogens is 376 g/mol. The van der Waals surface area contributed by atoms with E-state index in [0.717, 1.165) is 56.1 Å². The van der Waals surface area contributed by atoms with E-state index in [2.05, 4.69) is 37.5 Å². The lowest BCUT2D eigenvalue weighted by Crippen LogP contribution is -2.28.